The lowest BCUT2D eigenvalue weighted by molar-refractivity contribution is -0.00674. The predicted octanol–water partition coefficient (Wildman–Crippen LogP) is 4.30. The number of benzene rings is 1. The van der Waals surface area contributed by atoms with E-state index in [-0.39, 0.29) is 24.2 Å². The Kier molecular flexibility index (Phi) is 5.13. The van der Waals surface area contributed by atoms with Gasteiger partial charge in [0.25, 0.3) is 0 Å². The second kappa shape index (κ2) is 6.98. The van der Waals surface area contributed by atoms with E-state index in [4.69, 9.17) is 44.3 Å². The largest absolute Gasteiger partial charge is 0.459 e. The molecule has 2 aliphatic rings. The lowest BCUT2D eigenvalue weighted by atomic mass is 10.00. The van der Waals surface area contributed by atoms with E-state index in [1.165, 1.54) is 0 Å². The zero-order valence-electron chi connectivity index (χ0n) is 12.7. The number of carbonyl (C=O) groups is 2. The smallest absolute Gasteiger partial charge is 0.413 e. The highest BCUT2D eigenvalue weighted by atomic mass is 35.6. The minimum Gasteiger partial charge on any atom is -0.459 e. The molecule has 2 aliphatic heterocycles. The molecule has 0 aliphatic carbocycles. The number of rotatable bonds is 2. The molecule has 0 aromatic heterocycles. The third-order valence-electron chi connectivity index (χ3n) is 4.39. The molecular formula is C16H16Cl3NO4. The Morgan fingerprint density at radius 3 is 2.17 bits per heavy atom. The molecule has 8 heteroatoms. The lowest BCUT2D eigenvalue weighted by Gasteiger charge is -2.38. The van der Waals surface area contributed by atoms with Gasteiger partial charge in [-0.15, -0.1) is 0 Å². The highest BCUT2D eigenvalue weighted by Gasteiger charge is 2.46. The maximum absolute atomic E-state index is 12.2. The fourth-order valence-electron chi connectivity index (χ4n) is 3.47. The van der Waals surface area contributed by atoms with Crippen molar-refractivity contribution >= 4 is 46.9 Å². The first-order chi connectivity index (χ1) is 11.3. The van der Waals surface area contributed by atoms with Crippen molar-refractivity contribution in [3.05, 3.63) is 35.9 Å². The van der Waals surface area contributed by atoms with Crippen LogP contribution in [0.25, 0.3) is 0 Å². The average molecular weight is 393 g/mol. The Balaban J connectivity index is 1.61. The molecule has 0 N–H and O–H groups in total. The summed E-state index contributed by atoms with van der Waals surface area (Å²) in [5.74, 6) is -0.350. The molecule has 2 bridgehead atoms. The van der Waals surface area contributed by atoms with E-state index in [0.717, 1.165) is 12.8 Å². The minimum absolute atomic E-state index is 0.0721. The molecule has 0 spiro atoms. The van der Waals surface area contributed by atoms with Crippen LogP contribution in [0.2, 0.25) is 0 Å². The summed E-state index contributed by atoms with van der Waals surface area (Å²) >= 11 is 16.6. The lowest BCUT2D eigenvalue weighted by Crippen LogP contribution is -2.49. The summed E-state index contributed by atoms with van der Waals surface area (Å²) < 4.78 is 8.33. The van der Waals surface area contributed by atoms with Crippen molar-refractivity contribution in [3.63, 3.8) is 0 Å². The van der Waals surface area contributed by atoms with Gasteiger partial charge < -0.3 is 14.4 Å². The number of fused-ring (bicyclic) bond motifs is 2. The third kappa shape index (κ3) is 4.08. The second-order valence-corrected chi connectivity index (χ2v) is 8.15. The number of hydrogen-bond acceptors (Lipinski definition) is 4. The van der Waals surface area contributed by atoms with E-state index in [1.54, 1.807) is 29.2 Å². The van der Waals surface area contributed by atoms with Gasteiger partial charge >= 0.3 is 16.0 Å². The van der Waals surface area contributed by atoms with Crippen molar-refractivity contribution in [2.45, 2.75) is 47.8 Å². The van der Waals surface area contributed by atoms with Crippen molar-refractivity contribution in [1.29, 1.82) is 0 Å². The van der Waals surface area contributed by atoms with Crippen LogP contribution in [-0.2, 0) is 9.47 Å². The average Bonchev–Trinajstić information content (AvgIpc) is 2.78. The molecule has 2 fully saturated rings. The monoisotopic (exact) mass is 391 g/mol. The quantitative estimate of drug-likeness (QED) is 0.556. The van der Waals surface area contributed by atoms with E-state index < -0.39 is 10.1 Å². The molecule has 0 radical (unpaired) electrons. The first-order valence-electron chi connectivity index (χ1n) is 7.67. The Bertz CT molecular complexity index is 605. The molecular weight excluding hydrogens is 377 g/mol. The topological polar surface area (TPSA) is 55.8 Å². The molecule has 2 saturated heterocycles. The van der Waals surface area contributed by atoms with E-state index >= 15 is 0 Å². The fourth-order valence-corrected chi connectivity index (χ4v) is 3.66. The summed E-state index contributed by atoms with van der Waals surface area (Å²) in [5.41, 5.74) is 0.517. The number of piperidine rings is 1. The van der Waals surface area contributed by atoms with Crippen molar-refractivity contribution in [3.8, 4) is 0 Å². The molecule has 130 valence electrons. The number of carbonyl (C=O) groups excluding carboxylic acids is 2. The van der Waals surface area contributed by atoms with E-state index in [0.29, 0.717) is 18.4 Å². The van der Waals surface area contributed by atoms with Crippen LogP contribution in [0.3, 0.4) is 0 Å². The van der Waals surface area contributed by atoms with Gasteiger partial charge in [0.15, 0.2) is 0 Å². The SMILES string of the molecule is O=C(OC1CC2CCC(C1)N2C(=O)OC(Cl)(Cl)Cl)c1ccccc1. The van der Waals surface area contributed by atoms with Gasteiger partial charge in [0.1, 0.15) is 6.10 Å². The highest BCUT2D eigenvalue weighted by molar-refractivity contribution is 6.66. The summed E-state index contributed by atoms with van der Waals surface area (Å²) in [6.45, 7) is 0. The van der Waals surface area contributed by atoms with Gasteiger partial charge in [-0.25, -0.2) is 9.59 Å². The minimum atomic E-state index is -2.08. The molecule has 5 nitrogen and oxygen atoms in total. The van der Waals surface area contributed by atoms with Crippen LogP contribution in [0, 0.1) is 0 Å². The van der Waals surface area contributed by atoms with E-state index in [9.17, 15) is 9.59 Å². The molecule has 1 amide bonds. The van der Waals surface area contributed by atoms with Crippen LogP contribution < -0.4 is 0 Å². The Hall–Kier alpha value is -1.17. The number of nitrogens with zero attached hydrogens (tertiary/aromatic N) is 1. The molecule has 1 aromatic rings. The number of alkyl halides is 3. The molecule has 1 aromatic carbocycles. The maximum atomic E-state index is 12.2. The summed E-state index contributed by atoms with van der Waals surface area (Å²) in [6, 6.07) is 8.70. The van der Waals surface area contributed by atoms with Crippen LogP contribution in [0.1, 0.15) is 36.0 Å². The first-order valence-corrected chi connectivity index (χ1v) is 8.81. The number of hydrogen-bond donors (Lipinski definition) is 0. The van der Waals surface area contributed by atoms with E-state index in [2.05, 4.69) is 0 Å². The van der Waals surface area contributed by atoms with Gasteiger partial charge in [-0.05, 0) is 59.8 Å². The molecule has 2 heterocycles. The Morgan fingerprint density at radius 1 is 1.04 bits per heavy atom. The van der Waals surface area contributed by atoms with Crippen LogP contribution in [0.4, 0.5) is 4.79 Å². The van der Waals surface area contributed by atoms with E-state index in [1.807, 2.05) is 6.07 Å². The summed E-state index contributed by atoms with van der Waals surface area (Å²) in [6.07, 6.45) is 1.88. The standard InChI is InChI=1S/C16H16Cl3NO4/c17-16(18,19)24-15(22)20-11-6-7-12(20)9-13(8-11)23-14(21)10-4-2-1-3-5-10/h1-5,11-13H,6-9H2. The van der Waals surface area contributed by atoms with Crippen molar-refractivity contribution in [2.75, 3.05) is 0 Å². The van der Waals surface area contributed by atoms with Gasteiger partial charge in [-0.3, -0.25) is 0 Å². The van der Waals surface area contributed by atoms with Gasteiger partial charge in [0, 0.05) is 24.9 Å². The third-order valence-corrected chi connectivity index (χ3v) is 4.62. The first kappa shape index (κ1) is 17.6. The molecule has 3 rings (SSSR count). The highest BCUT2D eigenvalue weighted by Crippen LogP contribution is 2.39. The summed E-state index contributed by atoms with van der Waals surface area (Å²) in [4.78, 5) is 25.9. The molecule has 0 saturated carbocycles. The molecule has 2 atom stereocenters. The normalized spacial score (nSPS) is 26.1. The second-order valence-electron chi connectivity index (χ2n) is 5.97. The van der Waals surface area contributed by atoms with Crippen LogP contribution in [-0.4, -0.2) is 39.1 Å². The Labute approximate surface area is 154 Å². The van der Waals surface area contributed by atoms with Gasteiger partial charge in [0.05, 0.1) is 5.56 Å². The number of esters is 1. The van der Waals surface area contributed by atoms with Crippen molar-refractivity contribution < 1.29 is 19.1 Å². The molecule has 24 heavy (non-hydrogen) atoms. The predicted molar refractivity (Wildman–Crippen MR) is 90.3 cm³/mol. The fraction of sp³-hybridized carbons (Fsp3) is 0.500. The summed E-state index contributed by atoms with van der Waals surface area (Å²) in [5, 5.41) is 0. The zero-order chi connectivity index (χ0) is 17.3. The summed E-state index contributed by atoms with van der Waals surface area (Å²) in [7, 11) is 0. The molecule has 2 unspecified atom stereocenters. The van der Waals surface area contributed by atoms with Crippen molar-refractivity contribution in [2.24, 2.45) is 0 Å². The number of amides is 1. The zero-order valence-corrected chi connectivity index (χ0v) is 14.9. The van der Waals surface area contributed by atoms with Crippen LogP contribution in [0.15, 0.2) is 30.3 Å². The van der Waals surface area contributed by atoms with Gasteiger partial charge in [0.2, 0.25) is 0 Å². The van der Waals surface area contributed by atoms with Gasteiger partial charge in [-0.2, -0.15) is 0 Å². The number of ether oxygens (including phenoxy) is 2. The maximum Gasteiger partial charge on any atom is 0.413 e. The van der Waals surface area contributed by atoms with Crippen LogP contribution in [0.5, 0.6) is 0 Å². The van der Waals surface area contributed by atoms with Gasteiger partial charge in [-0.1, -0.05) is 18.2 Å². The number of halogens is 3. The Morgan fingerprint density at radius 2 is 1.62 bits per heavy atom. The van der Waals surface area contributed by atoms with Crippen molar-refractivity contribution in [1.82, 2.24) is 4.90 Å². The van der Waals surface area contributed by atoms with Crippen LogP contribution >= 0.6 is 34.8 Å².